The molecule has 2 amide bonds. The van der Waals surface area contributed by atoms with Crippen LogP contribution in [0.2, 0.25) is 0 Å². The van der Waals surface area contributed by atoms with E-state index >= 15 is 0 Å². The van der Waals surface area contributed by atoms with Gasteiger partial charge in [-0.15, -0.1) is 0 Å². The number of hydrogen-bond acceptors (Lipinski definition) is 3. The second-order valence-corrected chi connectivity index (χ2v) is 6.33. The third-order valence-corrected chi connectivity index (χ3v) is 4.57. The van der Waals surface area contributed by atoms with Crippen molar-refractivity contribution in [2.24, 2.45) is 0 Å². The summed E-state index contributed by atoms with van der Waals surface area (Å²) in [5, 5.41) is 5.47. The molecule has 0 heterocycles. The molecule has 132 valence electrons. The first-order valence-electron chi connectivity index (χ1n) is 8.51. The van der Waals surface area contributed by atoms with Crippen molar-refractivity contribution < 1.29 is 14.4 Å². The number of fused-ring (bicyclic) bond motifs is 2. The smallest absolute Gasteiger partial charge is 0.308 e. The maximum atomic E-state index is 13.0. The second kappa shape index (κ2) is 6.53. The van der Waals surface area contributed by atoms with Crippen LogP contribution in [0.1, 0.15) is 37.4 Å². The van der Waals surface area contributed by atoms with Gasteiger partial charge in [0.25, 0.3) is 0 Å². The summed E-state index contributed by atoms with van der Waals surface area (Å²) in [5.74, 6) is -0.481. The summed E-state index contributed by atoms with van der Waals surface area (Å²) in [5.41, 5.74) is 2.98. The molecule has 27 heavy (non-hydrogen) atoms. The Morgan fingerprint density at radius 3 is 2.04 bits per heavy atom. The van der Waals surface area contributed by atoms with Crippen LogP contribution in [0.4, 0.5) is 16.2 Å². The van der Waals surface area contributed by atoms with E-state index in [-0.39, 0.29) is 17.1 Å². The van der Waals surface area contributed by atoms with Crippen LogP contribution in [0.25, 0.3) is 0 Å². The van der Waals surface area contributed by atoms with Crippen LogP contribution < -0.4 is 10.6 Å². The molecule has 0 saturated carbocycles. The second-order valence-electron chi connectivity index (χ2n) is 6.33. The highest BCUT2D eigenvalue weighted by Crippen LogP contribution is 2.34. The molecule has 0 saturated heterocycles. The van der Waals surface area contributed by atoms with E-state index in [1.54, 1.807) is 55.5 Å². The molecule has 0 radical (unpaired) electrons. The number of ketones is 2. The van der Waals surface area contributed by atoms with Crippen LogP contribution in [0.15, 0.2) is 66.7 Å². The first kappa shape index (κ1) is 16.7. The van der Waals surface area contributed by atoms with Crippen molar-refractivity contribution in [1.29, 1.82) is 0 Å². The van der Waals surface area contributed by atoms with Gasteiger partial charge in [0.1, 0.15) is 0 Å². The van der Waals surface area contributed by atoms with Gasteiger partial charge < -0.3 is 10.6 Å². The molecule has 3 aromatic rings. The molecule has 5 heteroatoms. The van der Waals surface area contributed by atoms with E-state index in [1.807, 2.05) is 18.2 Å². The van der Waals surface area contributed by atoms with Gasteiger partial charge in [-0.25, -0.2) is 4.79 Å². The van der Waals surface area contributed by atoms with E-state index in [0.717, 1.165) is 0 Å². The third kappa shape index (κ3) is 2.89. The van der Waals surface area contributed by atoms with Crippen molar-refractivity contribution in [2.45, 2.75) is 6.92 Å². The minimum atomic E-state index is -0.475. The highest BCUT2D eigenvalue weighted by molar-refractivity contribution is 6.30. The van der Waals surface area contributed by atoms with Crippen molar-refractivity contribution in [3.8, 4) is 0 Å². The monoisotopic (exact) mass is 356 g/mol. The molecule has 5 nitrogen and oxygen atoms in total. The highest BCUT2D eigenvalue weighted by Gasteiger charge is 2.32. The number of para-hydroxylation sites is 1. The van der Waals surface area contributed by atoms with Gasteiger partial charge in [0, 0.05) is 22.4 Å². The molecule has 1 aliphatic carbocycles. The fourth-order valence-corrected chi connectivity index (χ4v) is 3.25. The molecule has 0 aliphatic heterocycles. The number of benzene rings is 3. The molecule has 3 aromatic carbocycles. The van der Waals surface area contributed by atoms with Crippen LogP contribution in [0.5, 0.6) is 0 Å². The number of carbonyl (C=O) groups is 3. The van der Waals surface area contributed by atoms with Crippen LogP contribution in [0.3, 0.4) is 0 Å². The van der Waals surface area contributed by atoms with Gasteiger partial charge in [0.05, 0.1) is 11.3 Å². The van der Waals surface area contributed by atoms with Crippen LogP contribution in [0, 0.1) is 6.92 Å². The summed E-state index contributed by atoms with van der Waals surface area (Å²) in [6.07, 6.45) is 0. The lowest BCUT2D eigenvalue weighted by Gasteiger charge is -2.22. The maximum Gasteiger partial charge on any atom is 0.323 e. The minimum absolute atomic E-state index is 0.216. The van der Waals surface area contributed by atoms with Crippen LogP contribution in [-0.4, -0.2) is 17.6 Å². The predicted molar refractivity (Wildman–Crippen MR) is 104 cm³/mol. The van der Waals surface area contributed by atoms with E-state index in [2.05, 4.69) is 10.6 Å². The average molecular weight is 356 g/mol. The highest BCUT2D eigenvalue weighted by atomic mass is 16.2. The largest absolute Gasteiger partial charge is 0.323 e. The molecule has 0 aromatic heterocycles. The summed E-state index contributed by atoms with van der Waals surface area (Å²) < 4.78 is 0. The van der Waals surface area contributed by atoms with Gasteiger partial charge in [-0.1, -0.05) is 48.5 Å². The molecular formula is C22H16N2O3. The Morgan fingerprint density at radius 1 is 0.704 bits per heavy atom. The third-order valence-electron chi connectivity index (χ3n) is 4.57. The Labute approximate surface area is 156 Å². The molecular weight excluding hydrogens is 340 g/mol. The Morgan fingerprint density at radius 2 is 1.33 bits per heavy atom. The van der Waals surface area contributed by atoms with Gasteiger partial charge in [-0.3, -0.25) is 9.59 Å². The standard InChI is InChI=1S/C22H16N2O3/c1-13-11-12-17-18(21(26)16-10-6-5-9-15(16)20(17)25)19(13)24-22(27)23-14-7-3-2-4-8-14/h2-12H,1H3,(H2,23,24,27). The fourth-order valence-electron chi connectivity index (χ4n) is 3.25. The molecule has 0 bridgehead atoms. The normalized spacial score (nSPS) is 12.2. The van der Waals surface area contributed by atoms with Gasteiger partial charge >= 0.3 is 6.03 Å². The summed E-state index contributed by atoms with van der Waals surface area (Å²) >= 11 is 0. The number of nitrogens with one attached hydrogen (secondary N) is 2. The molecule has 1 aliphatic rings. The number of aryl methyl sites for hydroxylation is 1. The number of amides is 2. The number of carbonyl (C=O) groups excluding carboxylic acids is 3. The molecule has 0 fully saturated rings. The van der Waals surface area contributed by atoms with E-state index in [9.17, 15) is 14.4 Å². The Balaban J connectivity index is 1.74. The Hall–Kier alpha value is -3.73. The number of hydrogen-bond donors (Lipinski definition) is 2. The first-order chi connectivity index (χ1) is 13.1. The number of rotatable bonds is 2. The predicted octanol–water partition coefficient (Wildman–Crippen LogP) is 4.41. The van der Waals surface area contributed by atoms with Crippen LogP contribution in [-0.2, 0) is 0 Å². The lowest BCUT2D eigenvalue weighted by Crippen LogP contribution is -2.26. The van der Waals surface area contributed by atoms with Crippen molar-refractivity contribution in [3.63, 3.8) is 0 Å². The minimum Gasteiger partial charge on any atom is -0.308 e. The Bertz CT molecular complexity index is 1090. The summed E-state index contributed by atoms with van der Waals surface area (Å²) in [4.78, 5) is 38.3. The number of urea groups is 1. The molecule has 4 rings (SSSR count). The quantitative estimate of drug-likeness (QED) is 0.558. The molecule has 0 unspecified atom stereocenters. The molecule has 0 spiro atoms. The van der Waals surface area contributed by atoms with Gasteiger partial charge in [0.15, 0.2) is 11.6 Å². The Kier molecular flexibility index (Phi) is 4.05. The summed E-state index contributed by atoms with van der Waals surface area (Å²) in [7, 11) is 0. The van der Waals surface area contributed by atoms with Crippen molar-refractivity contribution >= 4 is 29.0 Å². The van der Waals surface area contributed by atoms with Gasteiger partial charge in [-0.2, -0.15) is 0 Å². The lowest BCUT2D eigenvalue weighted by atomic mass is 9.82. The van der Waals surface area contributed by atoms with E-state index < -0.39 is 6.03 Å². The van der Waals surface area contributed by atoms with Crippen molar-refractivity contribution in [2.75, 3.05) is 10.6 Å². The van der Waals surface area contributed by atoms with Crippen molar-refractivity contribution in [3.05, 3.63) is 94.5 Å². The zero-order chi connectivity index (χ0) is 19.0. The fraction of sp³-hybridized carbons (Fsp3) is 0.0455. The van der Waals surface area contributed by atoms with Crippen molar-refractivity contribution in [1.82, 2.24) is 0 Å². The van der Waals surface area contributed by atoms with E-state index in [1.165, 1.54) is 0 Å². The molecule has 2 N–H and O–H groups in total. The molecule has 0 atom stereocenters. The van der Waals surface area contributed by atoms with E-state index in [4.69, 9.17) is 0 Å². The SMILES string of the molecule is Cc1ccc2c(c1NC(=O)Nc1ccccc1)C(=O)c1ccccc1C2=O. The van der Waals surface area contributed by atoms with Gasteiger partial charge in [-0.05, 0) is 30.7 Å². The first-order valence-corrected chi connectivity index (χ1v) is 8.51. The zero-order valence-corrected chi connectivity index (χ0v) is 14.6. The van der Waals surface area contributed by atoms with E-state index in [0.29, 0.717) is 33.6 Å². The topological polar surface area (TPSA) is 75.3 Å². The number of anilines is 2. The van der Waals surface area contributed by atoms with Gasteiger partial charge in [0.2, 0.25) is 0 Å². The summed E-state index contributed by atoms with van der Waals surface area (Å²) in [6, 6.07) is 18.6. The average Bonchev–Trinajstić information content (AvgIpc) is 2.68. The van der Waals surface area contributed by atoms with Crippen LogP contribution >= 0.6 is 0 Å². The lowest BCUT2D eigenvalue weighted by molar-refractivity contribution is 0.0979. The zero-order valence-electron chi connectivity index (χ0n) is 14.6. The maximum absolute atomic E-state index is 13.0. The summed E-state index contributed by atoms with van der Waals surface area (Å²) in [6.45, 7) is 1.79.